The van der Waals surface area contributed by atoms with Gasteiger partial charge in [-0.2, -0.15) is 5.26 Å². The molecule has 108 valence electrons. The molecule has 1 heterocycles. The van der Waals surface area contributed by atoms with E-state index in [0.29, 0.717) is 10.6 Å². The Morgan fingerprint density at radius 1 is 1.43 bits per heavy atom. The van der Waals surface area contributed by atoms with E-state index in [1.54, 1.807) is 13.8 Å². The SMILES string of the molecule is CCc1ccc(-c2nc(C)c(C(=O)O[C@H](C)C#N)s2)cc1. The van der Waals surface area contributed by atoms with Gasteiger partial charge in [0, 0.05) is 5.56 Å². The Morgan fingerprint density at radius 2 is 2.10 bits per heavy atom. The van der Waals surface area contributed by atoms with Gasteiger partial charge in [0.15, 0.2) is 6.10 Å². The Morgan fingerprint density at radius 3 is 2.67 bits per heavy atom. The summed E-state index contributed by atoms with van der Waals surface area (Å²) < 4.78 is 5.02. The Bertz CT molecular complexity index is 683. The van der Waals surface area contributed by atoms with Crippen molar-refractivity contribution < 1.29 is 9.53 Å². The van der Waals surface area contributed by atoms with Crippen molar-refractivity contribution in [3.63, 3.8) is 0 Å². The lowest BCUT2D eigenvalue weighted by atomic mass is 10.1. The summed E-state index contributed by atoms with van der Waals surface area (Å²) in [5.74, 6) is -0.490. The summed E-state index contributed by atoms with van der Waals surface area (Å²) in [4.78, 5) is 16.9. The van der Waals surface area contributed by atoms with Crippen LogP contribution < -0.4 is 0 Å². The van der Waals surface area contributed by atoms with E-state index < -0.39 is 12.1 Å². The molecule has 0 N–H and O–H groups in total. The number of aromatic nitrogens is 1. The van der Waals surface area contributed by atoms with Gasteiger partial charge < -0.3 is 4.74 Å². The molecule has 0 aliphatic rings. The number of benzene rings is 1. The van der Waals surface area contributed by atoms with Crippen LogP contribution in [0.1, 0.15) is 34.8 Å². The van der Waals surface area contributed by atoms with Crippen molar-refractivity contribution in [2.24, 2.45) is 0 Å². The monoisotopic (exact) mass is 300 g/mol. The second kappa shape index (κ2) is 6.51. The summed E-state index contributed by atoms with van der Waals surface area (Å²) in [6.45, 7) is 5.42. The van der Waals surface area contributed by atoms with Crippen molar-refractivity contribution >= 4 is 17.3 Å². The van der Waals surface area contributed by atoms with Gasteiger partial charge in [-0.05, 0) is 25.8 Å². The fourth-order valence-corrected chi connectivity index (χ4v) is 2.79. The average molecular weight is 300 g/mol. The molecule has 0 aliphatic carbocycles. The van der Waals surface area contributed by atoms with Crippen LogP contribution in [0.3, 0.4) is 0 Å². The summed E-state index contributed by atoms with van der Waals surface area (Å²) in [5, 5.41) is 9.48. The lowest BCUT2D eigenvalue weighted by Crippen LogP contribution is -2.12. The first-order valence-electron chi connectivity index (χ1n) is 6.72. The first kappa shape index (κ1) is 15.2. The number of nitriles is 1. The summed E-state index contributed by atoms with van der Waals surface area (Å²) in [6.07, 6.45) is 0.229. The molecule has 0 aliphatic heterocycles. The molecule has 0 bridgehead atoms. The van der Waals surface area contributed by atoms with Gasteiger partial charge in [-0.3, -0.25) is 0 Å². The maximum atomic E-state index is 12.0. The van der Waals surface area contributed by atoms with Crippen molar-refractivity contribution in [3.8, 4) is 16.6 Å². The molecule has 0 unspecified atom stereocenters. The van der Waals surface area contributed by atoms with Gasteiger partial charge in [0.1, 0.15) is 16.0 Å². The molecule has 0 saturated heterocycles. The van der Waals surface area contributed by atoms with E-state index in [1.165, 1.54) is 16.9 Å². The van der Waals surface area contributed by atoms with E-state index in [-0.39, 0.29) is 0 Å². The van der Waals surface area contributed by atoms with E-state index in [2.05, 4.69) is 24.0 Å². The molecule has 5 heteroatoms. The van der Waals surface area contributed by atoms with Crippen LogP contribution in [0, 0.1) is 18.3 Å². The predicted octanol–water partition coefficient (Wildman–Crippen LogP) is 3.75. The highest BCUT2D eigenvalue weighted by molar-refractivity contribution is 7.17. The number of ether oxygens (including phenoxy) is 1. The minimum Gasteiger partial charge on any atom is -0.443 e. The zero-order chi connectivity index (χ0) is 15.4. The first-order chi connectivity index (χ1) is 10.0. The minimum absolute atomic E-state index is 0.451. The van der Waals surface area contributed by atoms with Gasteiger partial charge in [-0.1, -0.05) is 31.2 Å². The number of hydrogen-bond acceptors (Lipinski definition) is 5. The van der Waals surface area contributed by atoms with Crippen LogP contribution in [-0.4, -0.2) is 17.1 Å². The van der Waals surface area contributed by atoms with E-state index in [4.69, 9.17) is 10.00 Å². The van der Waals surface area contributed by atoms with E-state index in [1.807, 2.05) is 18.2 Å². The van der Waals surface area contributed by atoms with E-state index in [0.717, 1.165) is 17.0 Å². The maximum absolute atomic E-state index is 12.0. The number of nitrogens with zero attached hydrogens (tertiary/aromatic N) is 2. The molecule has 0 amide bonds. The van der Waals surface area contributed by atoms with Gasteiger partial charge in [0.2, 0.25) is 0 Å². The van der Waals surface area contributed by atoms with Crippen LogP contribution in [0.2, 0.25) is 0 Å². The number of thiazole rings is 1. The van der Waals surface area contributed by atoms with Crippen molar-refractivity contribution in [2.75, 3.05) is 0 Å². The summed E-state index contributed by atoms with van der Waals surface area (Å²) in [6, 6.07) is 10.0. The number of esters is 1. The average Bonchev–Trinajstić information content (AvgIpc) is 2.89. The zero-order valence-corrected chi connectivity index (χ0v) is 13.0. The van der Waals surface area contributed by atoms with Gasteiger partial charge in [-0.25, -0.2) is 9.78 Å². The highest BCUT2D eigenvalue weighted by Crippen LogP contribution is 2.28. The van der Waals surface area contributed by atoms with Crippen molar-refractivity contribution in [2.45, 2.75) is 33.3 Å². The second-order valence-corrected chi connectivity index (χ2v) is 5.66. The molecule has 2 rings (SSSR count). The lowest BCUT2D eigenvalue weighted by Gasteiger charge is -2.03. The summed E-state index contributed by atoms with van der Waals surface area (Å²) in [7, 11) is 0. The molecular formula is C16H16N2O2S. The Hall–Kier alpha value is -2.19. The third-order valence-electron chi connectivity index (χ3n) is 3.06. The quantitative estimate of drug-likeness (QED) is 0.807. The third-order valence-corrected chi connectivity index (χ3v) is 4.24. The second-order valence-electron chi connectivity index (χ2n) is 4.66. The van der Waals surface area contributed by atoms with Crippen molar-refractivity contribution in [3.05, 3.63) is 40.4 Å². The molecule has 1 atom stereocenters. The van der Waals surface area contributed by atoms with E-state index in [9.17, 15) is 4.79 Å². The lowest BCUT2D eigenvalue weighted by molar-refractivity contribution is 0.0440. The Balaban J connectivity index is 2.26. The van der Waals surface area contributed by atoms with Gasteiger partial charge in [0.05, 0.1) is 5.69 Å². The number of carbonyl (C=O) groups is 1. The van der Waals surface area contributed by atoms with Gasteiger partial charge >= 0.3 is 5.97 Å². The largest absolute Gasteiger partial charge is 0.443 e. The van der Waals surface area contributed by atoms with Crippen LogP contribution in [0.15, 0.2) is 24.3 Å². The molecule has 4 nitrogen and oxygen atoms in total. The molecule has 1 aromatic carbocycles. The summed E-state index contributed by atoms with van der Waals surface area (Å²) >= 11 is 1.29. The standard InChI is InChI=1S/C16H16N2O2S/c1-4-12-5-7-13(8-6-12)15-18-11(3)14(21-15)16(19)20-10(2)9-17/h5-8,10H,4H2,1-3H3/t10-/m1/s1. The molecule has 0 fully saturated rings. The maximum Gasteiger partial charge on any atom is 0.351 e. The summed E-state index contributed by atoms with van der Waals surface area (Å²) in [5.41, 5.74) is 2.87. The fourth-order valence-electron chi connectivity index (χ4n) is 1.83. The van der Waals surface area contributed by atoms with Crippen LogP contribution >= 0.6 is 11.3 Å². The fraction of sp³-hybridized carbons (Fsp3) is 0.312. The molecule has 2 aromatic rings. The van der Waals surface area contributed by atoms with Crippen LogP contribution in [0.5, 0.6) is 0 Å². The first-order valence-corrected chi connectivity index (χ1v) is 7.54. The van der Waals surface area contributed by atoms with Crippen LogP contribution in [0.25, 0.3) is 10.6 Å². The number of rotatable bonds is 4. The van der Waals surface area contributed by atoms with Crippen LogP contribution in [-0.2, 0) is 11.2 Å². The predicted molar refractivity (Wildman–Crippen MR) is 82.2 cm³/mol. The third kappa shape index (κ3) is 3.47. The molecule has 0 spiro atoms. The molecule has 21 heavy (non-hydrogen) atoms. The zero-order valence-electron chi connectivity index (χ0n) is 12.2. The molecule has 0 radical (unpaired) electrons. The van der Waals surface area contributed by atoms with E-state index >= 15 is 0 Å². The van der Waals surface area contributed by atoms with Gasteiger partial charge in [-0.15, -0.1) is 11.3 Å². The normalized spacial score (nSPS) is 11.7. The Kier molecular flexibility index (Phi) is 4.71. The number of carbonyl (C=O) groups excluding carboxylic acids is 1. The van der Waals surface area contributed by atoms with Crippen LogP contribution in [0.4, 0.5) is 0 Å². The highest BCUT2D eigenvalue weighted by Gasteiger charge is 2.19. The minimum atomic E-state index is -0.758. The van der Waals surface area contributed by atoms with Crippen molar-refractivity contribution in [1.29, 1.82) is 5.26 Å². The Labute approximate surface area is 128 Å². The molecular weight excluding hydrogens is 284 g/mol. The highest BCUT2D eigenvalue weighted by atomic mass is 32.1. The number of aryl methyl sites for hydroxylation is 2. The molecule has 1 aromatic heterocycles. The molecule has 0 saturated carbocycles. The topological polar surface area (TPSA) is 63.0 Å². The van der Waals surface area contributed by atoms with Gasteiger partial charge in [0.25, 0.3) is 0 Å². The number of hydrogen-bond donors (Lipinski definition) is 0. The smallest absolute Gasteiger partial charge is 0.351 e. The van der Waals surface area contributed by atoms with Crippen molar-refractivity contribution in [1.82, 2.24) is 4.98 Å².